The minimum Gasteiger partial charge on any atom is -0.267 e. The number of halogens is 1. The van der Waals surface area contributed by atoms with E-state index in [1.54, 1.807) is 10.8 Å². The first kappa shape index (κ1) is 18.6. The van der Waals surface area contributed by atoms with Crippen LogP contribution >= 0.6 is 11.6 Å². The lowest BCUT2D eigenvalue weighted by atomic mass is 9.92. The molecule has 0 saturated carbocycles. The number of hydrogen-bond donors (Lipinski definition) is 0. The standard InChI is InChI=1S/C26H19ClN2O/c27-22-13-11-20(12-14-22)26-23(15-18-7-3-1-4-8-18)28-29-24(26)16-21(17-25(29)30)19-9-5-2-6-10-19/h1-14,17H,15-16H2. The molecule has 0 spiro atoms. The van der Waals surface area contributed by atoms with Gasteiger partial charge in [0.25, 0.3) is 5.91 Å². The SMILES string of the molecule is O=C1C=C(c2ccccc2)Cc2c(-c3ccc(Cl)cc3)c(Cc3ccccc3)nn21. The second kappa shape index (κ2) is 7.77. The summed E-state index contributed by atoms with van der Waals surface area (Å²) in [6, 6.07) is 28.0. The molecule has 0 amide bonds. The van der Waals surface area contributed by atoms with Crippen LogP contribution in [0.3, 0.4) is 0 Å². The summed E-state index contributed by atoms with van der Waals surface area (Å²) in [5, 5.41) is 5.43. The summed E-state index contributed by atoms with van der Waals surface area (Å²) in [7, 11) is 0. The van der Waals surface area contributed by atoms with Crippen LogP contribution in [0.15, 0.2) is 91.0 Å². The van der Waals surface area contributed by atoms with Crippen LogP contribution in [0.4, 0.5) is 0 Å². The zero-order chi connectivity index (χ0) is 20.5. The van der Waals surface area contributed by atoms with Gasteiger partial charge in [0.2, 0.25) is 0 Å². The average molecular weight is 411 g/mol. The molecule has 0 bridgehead atoms. The molecule has 0 atom stereocenters. The molecule has 3 nitrogen and oxygen atoms in total. The zero-order valence-corrected chi connectivity index (χ0v) is 17.0. The van der Waals surface area contributed by atoms with E-state index < -0.39 is 0 Å². The van der Waals surface area contributed by atoms with E-state index in [0.717, 1.165) is 39.2 Å². The summed E-state index contributed by atoms with van der Waals surface area (Å²) < 4.78 is 1.56. The fourth-order valence-electron chi connectivity index (χ4n) is 3.99. The molecular formula is C26H19ClN2O. The van der Waals surface area contributed by atoms with Crippen LogP contribution in [0.25, 0.3) is 16.7 Å². The molecule has 0 fully saturated rings. The van der Waals surface area contributed by atoms with Crippen LogP contribution in [0.5, 0.6) is 0 Å². The van der Waals surface area contributed by atoms with Crippen LogP contribution < -0.4 is 0 Å². The van der Waals surface area contributed by atoms with E-state index in [-0.39, 0.29) is 5.91 Å². The predicted molar refractivity (Wildman–Crippen MR) is 121 cm³/mol. The van der Waals surface area contributed by atoms with Crippen LogP contribution in [-0.2, 0) is 12.8 Å². The summed E-state index contributed by atoms with van der Waals surface area (Å²) >= 11 is 6.13. The number of allylic oxidation sites excluding steroid dienone is 2. The first-order valence-corrected chi connectivity index (χ1v) is 10.3. The van der Waals surface area contributed by atoms with Crippen molar-refractivity contribution in [3.05, 3.63) is 119 Å². The van der Waals surface area contributed by atoms with Crippen molar-refractivity contribution in [2.45, 2.75) is 12.8 Å². The van der Waals surface area contributed by atoms with Crippen LogP contribution in [0, 0.1) is 0 Å². The fourth-order valence-corrected chi connectivity index (χ4v) is 4.12. The number of fused-ring (bicyclic) bond motifs is 1. The van der Waals surface area contributed by atoms with Crippen molar-refractivity contribution < 1.29 is 4.79 Å². The Kier molecular flexibility index (Phi) is 4.82. The van der Waals surface area contributed by atoms with Crippen LogP contribution in [-0.4, -0.2) is 15.7 Å². The van der Waals surface area contributed by atoms with E-state index in [2.05, 4.69) is 12.1 Å². The second-order valence-corrected chi connectivity index (χ2v) is 7.84. The van der Waals surface area contributed by atoms with Crippen molar-refractivity contribution in [3.8, 4) is 11.1 Å². The normalized spacial score (nSPS) is 13.1. The Morgan fingerprint density at radius 2 is 1.50 bits per heavy atom. The Bertz CT molecular complexity index is 1240. The maximum atomic E-state index is 13.0. The van der Waals surface area contributed by atoms with Gasteiger partial charge in [0.1, 0.15) is 0 Å². The van der Waals surface area contributed by atoms with Gasteiger partial charge >= 0.3 is 0 Å². The molecule has 2 heterocycles. The van der Waals surface area contributed by atoms with Gasteiger partial charge in [0, 0.05) is 29.5 Å². The van der Waals surface area contributed by atoms with Crippen molar-refractivity contribution in [2.75, 3.05) is 0 Å². The Hall–Kier alpha value is -3.43. The number of aromatic nitrogens is 2. The third-order valence-corrected chi connectivity index (χ3v) is 5.66. The van der Waals surface area contributed by atoms with E-state index >= 15 is 0 Å². The van der Waals surface area contributed by atoms with Crippen molar-refractivity contribution in [1.82, 2.24) is 9.78 Å². The van der Waals surface area contributed by atoms with E-state index in [4.69, 9.17) is 16.7 Å². The fraction of sp³-hybridized carbons (Fsp3) is 0.0769. The molecular weight excluding hydrogens is 392 g/mol. The molecule has 30 heavy (non-hydrogen) atoms. The van der Waals surface area contributed by atoms with Gasteiger partial charge in [-0.15, -0.1) is 0 Å². The monoisotopic (exact) mass is 410 g/mol. The van der Waals surface area contributed by atoms with Crippen molar-refractivity contribution in [3.63, 3.8) is 0 Å². The zero-order valence-electron chi connectivity index (χ0n) is 16.3. The Balaban J connectivity index is 1.64. The molecule has 1 aliphatic heterocycles. The van der Waals surface area contributed by atoms with Gasteiger partial charge in [-0.1, -0.05) is 84.4 Å². The second-order valence-electron chi connectivity index (χ2n) is 7.40. The lowest BCUT2D eigenvalue weighted by Gasteiger charge is -2.16. The third-order valence-electron chi connectivity index (χ3n) is 5.41. The summed E-state index contributed by atoms with van der Waals surface area (Å²) in [4.78, 5) is 13.0. The van der Waals surface area contributed by atoms with Gasteiger partial charge in [0.05, 0.1) is 11.4 Å². The number of carbonyl (C=O) groups is 1. The minimum atomic E-state index is -0.107. The van der Waals surface area contributed by atoms with E-state index in [0.29, 0.717) is 17.9 Å². The van der Waals surface area contributed by atoms with E-state index in [9.17, 15) is 4.79 Å². The summed E-state index contributed by atoms with van der Waals surface area (Å²) in [5.41, 5.74) is 7.09. The van der Waals surface area contributed by atoms with Crippen molar-refractivity contribution in [2.24, 2.45) is 0 Å². The van der Waals surface area contributed by atoms with E-state index in [1.807, 2.05) is 72.8 Å². The number of carbonyl (C=O) groups excluding carboxylic acids is 1. The molecule has 3 aromatic carbocycles. The van der Waals surface area contributed by atoms with Gasteiger partial charge in [-0.3, -0.25) is 4.79 Å². The molecule has 0 aliphatic carbocycles. The molecule has 0 saturated heterocycles. The summed E-state index contributed by atoms with van der Waals surface area (Å²) in [6.45, 7) is 0. The van der Waals surface area contributed by atoms with Gasteiger partial charge in [0.15, 0.2) is 0 Å². The lowest BCUT2D eigenvalue weighted by molar-refractivity contribution is 0.0948. The number of hydrogen-bond acceptors (Lipinski definition) is 2. The maximum absolute atomic E-state index is 13.0. The number of benzene rings is 3. The Morgan fingerprint density at radius 1 is 0.833 bits per heavy atom. The Labute approximate surface area is 180 Å². The summed E-state index contributed by atoms with van der Waals surface area (Å²) in [5.74, 6) is -0.107. The lowest BCUT2D eigenvalue weighted by Crippen LogP contribution is -2.19. The molecule has 5 rings (SSSR count). The molecule has 0 N–H and O–H groups in total. The minimum absolute atomic E-state index is 0.107. The van der Waals surface area contributed by atoms with E-state index in [1.165, 1.54) is 0 Å². The van der Waals surface area contributed by atoms with Gasteiger partial charge < -0.3 is 0 Å². The van der Waals surface area contributed by atoms with Crippen LogP contribution in [0.2, 0.25) is 5.02 Å². The number of rotatable bonds is 4. The quantitative estimate of drug-likeness (QED) is 0.409. The highest BCUT2D eigenvalue weighted by atomic mass is 35.5. The molecule has 0 radical (unpaired) electrons. The van der Waals surface area contributed by atoms with Gasteiger partial charge in [-0.25, -0.2) is 0 Å². The van der Waals surface area contributed by atoms with Gasteiger partial charge in [-0.05, 0) is 34.4 Å². The maximum Gasteiger partial charge on any atom is 0.271 e. The molecule has 1 aromatic heterocycles. The predicted octanol–water partition coefficient (Wildman–Crippen LogP) is 6.07. The smallest absolute Gasteiger partial charge is 0.267 e. The highest BCUT2D eigenvalue weighted by Crippen LogP contribution is 2.35. The topological polar surface area (TPSA) is 34.9 Å². The molecule has 146 valence electrons. The highest BCUT2D eigenvalue weighted by molar-refractivity contribution is 6.30. The molecule has 4 heteroatoms. The van der Waals surface area contributed by atoms with Gasteiger partial charge in [-0.2, -0.15) is 9.78 Å². The average Bonchev–Trinajstić information content (AvgIpc) is 3.14. The first-order chi connectivity index (χ1) is 14.7. The Morgan fingerprint density at radius 3 is 2.20 bits per heavy atom. The summed E-state index contributed by atoms with van der Waals surface area (Å²) in [6.07, 6.45) is 3.01. The number of nitrogens with zero attached hydrogens (tertiary/aromatic N) is 2. The van der Waals surface area contributed by atoms with Crippen molar-refractivity contribution in [1.29, 1.82) is 0 Å². The first-order valence-electron chi connectivity index (χ1n) is 9.90. The highest BCUT2D eigenvalue weighted by Gasteiger charge is 2.27. The van der Waals surface area contributed by atoms with Crippen LogP contribution in [0.1, 0.15) is 27.3 Å². The largest absolute Gasteiger partial charge is 0.271 e. The molecule has 0 unspecified atom stereocenters. The molecule has 4 aromatic rings. The van der Waals surface area contributed by atoms with Crippen molar-refractivity contribution >= 4 is 23.1 Å². The third kappa shape index (κ3) is 3.49. The molecule has 1 aliphatic rings.